The van der Waals surface area contributed by atoms with Crippen LogP contribution in [0.15, 0.2) is 24.3 Å². The topological polar surface area (TPSA) is 64.8 Å². The molecule has 6 heteroatoms. The van der Waals surface area contributed by atoms with Crippen LogP contribution in [-0.4, -0.2) is 41.3 Å². The number of piperidine rings is 1. The van der Waals surface area contributed by atoms with Crippen molar-refractivity contribution < 1.29 is 4.39 Å². The molecule has 0 aliphatic carbocycles. The number of hydrogen-bond donors (Lipinski definition) is 1. The molecule has 3 rings (SSSR count). The summed E-state index contributed by atoms with van der Waals surface area (Å²) >= 11 is 0. The highest BCUT2D eigenvalue weighted by Gasteiger charge is 2.18. The molecule has 1 aromatic heterocycles. The van der Waals surface area contributed by atoms with E-state index in [2.05, 4.69) is 27.5 Å². The van der Waals surface area contributed by atoms with Crippen LogP contribution in [0, 0.1) is 24.1 Å². The second kappa shape index (κ2) is 6.93. The van der Waals surface area contributed by atoms with E-state index >= 15 is 0 Å². The van der Waals surface area contributed by atoms with E-state index in [0.29, 0.717) is 17.3 Å². The number of likely N-dealkylation sites (tertiary alicyclic amines) is 1. The molecule has 2 aromatic rings. The molecule has 1 atom stereocenters. The third-order valence-electron chi connectivity index (χ3n) is 4.33. The molecule has 1 N–H and O–H groups in total. The standard InChI is InChI=1S/C18H20FN5/c1-12-8-17(13-5-6-16(19)14(9-13)10-20)22-23-18(12)21-15-4-3-7-24(2)11-15/h5-6,8-9,15H,3-4,7,11H2,1-2H3,(H,21,23)/t15-/m1/s1. The summed E-state index contributed by atoms with van der Waals surface area (Å²) in [6.45, 7) is 4.10. The van der Waals surface area contributed by atoms with E-state index in [1.807, 2.05) is 19.1 Å². The largest absolute Gasteiger partial charge is 0.364 e. The van der Waals surface area contributed by atoms with Gasteiger partial charge in [-0.2, -0.15) is 5.26 Å². The van der Waals surface area contributed by atoms with Gasteiger partial charge in [-0.3, -0.25) is 0 Å². The molecule has 1 fully saturated rings. The van der Waals surface area contributed by atoms with Crippen LogP contribution in [-0.2, 0) is 0 Å². The Balaban J connectivity index is 1.81. The smallest absolute Gasteiger partial charge is 0.151 e. The minimum Gasteiger partial charge on any atom is -0.364 e. The van der Waals surface area contributed by atoms with Crippen LogP contribution in [0.25, 0.3) is 11.3 Å². The fourth-order valence-electron chi connectivity index (χ4n) is 3.02. The zero-order valence-corrected chi connectivity index (χ0v) is 13.9. The van der Waals surface area contributed by atoms with Crippen LogP contribution in [0.2, 0.25) is 0 Å². The summed E-state index contributed by atoms with van der Waals surface area (Å²) in [5.41, 5.74) is 2.32. The first-order valence-electron chi connectivity index (χ1n) is 8.06. The van der Waals surface area contributed by atoms with Gasteiger partial charge in [-0.25, -0.2) is 4.39 Å². The lowest BCUT2D eigenvalue weighted by Crippen LogP contribution is -2.40. The molecule has 1 aliphatic heterocycles. The number of aromatic nitrogens is 2. The minimum atomic E-state index is -0.523. The number of nitriles is 1. The zero-order chi connectivity index (χ0) is 17.1. The van der Waals surface area contributed by atoms with Gasteiger partial charge in [0.05, 0.1) is 11.3 Å². The predicted molar refractivity (Wildman–Crippen MR) is 91.0 cm³/mol. The average molecular weight is 325 g/mol. The number of nitrogens with zero attached hydrogens (tertiary/aromatic N) is 4. The van der Waals surface area contributed by atoms with Crippen molar-refractivity contribution in [2.75, 3.05) is 25.5 Å². The predicted octanol–water partition coefficient (Wildman–Crippen LogP) is 2.97. The molecule has 0 bridgehead atoms. The van der Waals surface area contributed by atoms with Crippen molar-refractivity contribution >= 4 is 5.82 Å². The van der Waals surface area contributed by atoms with Crippen LogP contribution in [0.1, 0.15) is 24.0 Å². The van der Waals surface area contributed by atoms with Gasteiger partial charge in [-0.15, -0.1) is 10.2 Å². The van der Waals surface area contributed by atoms with E-state index in [9.17, 15) is 4.39 Å². The Labute approximate surface area is 141 Å². The lowest BCUT2D eigenvalue weighted by Gasteiger charge is -2.30. The molecular formula is C18H20FN5. The summed E-state index contributed by atoms with van der Waals surface area (Å²) in [4.78, 5) is 2.31. The Kier molecular flexibility index (Phi) is 4.72. The molecule has 124 valence electrons. The number of anilines is 1. The van der Waals surface area contributed by atoms with Crippen LogP contribution in [0.5, 0.6) is 0 Å². The van der Waals surface area contributed by atoms with Crippen molar-refractivity contribution in [1.29, 1.82) is 5.26 Å². The van der Waals surface area contributed by atoms with Gasteiger partial charge in [0, 0.05) is 18.2 Å². The number of halogens is 1. The van der Waals surface area contributed by atoms with Crippen LogP contribution in [0.4, 0.5) is 10.2 Å². The maximum atomic E-state index is 13.4. The van der Waals surface area contributed by atoms with Crippen LogP contribution >= 0.6 is 0 Å². The molecule has 2 heterocycles. The molecule has 0 radical (unpaired) electrons. The first kappa shape index (κ1) is 16.3. The van der Waals surface area contributed by atoms with Crippen molar-refractivity contribution in [3.8, 4) is 17.3 Å². The van der Waals surface area contributed by atoms with Gasteiger partial charge >= 0.3 is 0 Å². The van der Waals surface area contributed by atoms with Crippen molar-refractivity contribution in [2.45, 2.75) is 25.8 Å². The summed E-state index contributed by atoms with van der Waals surface area (Å²) < 4.78 is 13.4. The van der Waals surface area contributed by atoms with Crippen molar-refractivity contribution in [1.82, 2.24) is 15.1 Å². The van der Waals surface area contributed by atoms with Gasteiger partial charge in [-0.1, -0.05) is 0 Å². The Morgan fingerprint density at radius 1 is 1.33 bits per heavy atom. The summed E-state index contributed by atoms with van der Waals surface area (Å²) in [5, 5.41) is 21.0. The second-order valence-electron chi connectivity index (χ2n) is 6.31. The fraction of sp³-hybridized carbons (Fsp3) is 0.389. The molecule has 24 heavy (non-hydrogen) atoms. The number of nitrogens with one attached hydrogen (secondary N) is 1. The fourth-order valence-corrected chi connectivity index (χ4v) is 3.02. The average Bonchev–Trinajstić information content (AvgIpc) is 2.57. The third-order valence-corrected chi connectivity index (χ3v) is 4.33. The quantitative estimate of drug-likeness (QED) is 0.940. The summed E-state index contributed by atoms with van der Waals surface area (Å²) in [6, 6.07) is 8.54. The normalized spacial score (nSPS) is 18.2. The zero-order valence-electron chi connectivity index (χ0n) is 13.9. The first-order chi connectivity index (χ1) is 11.6. The Morgan fingerprint density at radius 2 is 2.17 bits per heavy atom. The summed E-state index contributed by atoms with van der Waals surface area (Å²) in [6.07, 6.45) is 2.29. The molecule has 1 saturated heterocycles. The molecular weight excluding hydrogens is 305 g/mol. The molecule has 1 aromatic carbocycles. The van der Waals surface area contributed by atoms with Crippen molar-refractivity contribution in [3.63, 3.8) is 0 Å². The number of benzene rings is 1. The van der Waals surface area contributed by atoms with E-state index in [1.54, 1.807) is 6.07 Å². The number of aryl methyl sites for hydroxylation is 1. The van der Waals surface area contributed by atoms with Crippen LogP contribution in [0.3, 0.4) is 0 Å². The molecule has 1 aliphatic rings. The van der Waals surface area contributed by atoms with Gasteiger partial charge in [0.2, 0.25) is 0 Å². The third kappa shape index (κ3) is 3.52. The molecule has 0 spiro atoms. The Bertz CT molecular complexity index is 783. The van der Waals surface area contributed by atoms with Crippen LogP contribution < -0.4 is 5.32 Å². The second-order valence-corrected chi connectivity index (χ2v) is 6.31. The SMILES string of the molecule is Cc1cc(-c2ccc(F)c(C#N)c2)nnc1N[C@@H]1CCCN(C)C1. The van der Waals surface area contributed by atoms with Gasteiger partial charge in [0.25, 0.3) is 0 Å². The maximum Gasteiger partial charge on any atom is 0.151 e. The van der Waals surface area contributed by atoms with Gasteiger partial charge in [0.15, 0.2) is 5.82 Å². The molecule has 5 nitrogen and oxygen atoms in total. The monoisotopic (exact) mass is 325 g/mol. The number of hydrogen-bond acceptors (Lipinski definition) is 5. The van der Waals surface area contributed by atoms with Crippen molar-refractivity contribution in [2.24, 2.45) is 0 Å². The number of rotatable bonds is 3. The Morgan fingerprint density at radius 3 is 2.88 bits per heavy atom. The molecule has 0 saturated carbocycles. The van der Waals surface area contributed by atoms with E-state index in [4.69, 9.17) is 5.26 Å². The summed E-state index contributed by atoms with van der Waals surface area (Å²) in [7, 11) is 2.12. The van der Waals surface area contributed by atoms with Crippen molar-refractivity contribution in [3.05, 3.63) is 41.2 Å². The lowest BCUT2D eigenvalue weighted by atomic mass is 10.1. The molecule has 0 unspecified atom stereocenters. The van der Waals surface area contributed by atoms with Gasteiger partial charge in [-0.05, 0) is 63.2 Å². The molecule has 0 amide bonds. The highest BCUT2D eigenvalue weighted by Crippen LogP contribution is 2.23. The Hall–Kier alpha value is -2.52. The van der Waals surface area contributed by atoms with Gasteiger partial charge in [0.1, 0.15) is 11.9 Å². The van der Waals surface area contributed by atoms with E-state index in [0.717, 1.165) is 30.9 Å². The minimum absolute atomic E-state index is 0.0133. The van der Waals surface area contributed by atoms with E-state index in [-0.39, 0.29) is 5.56 Å². The highest BCUT2D eigenvalue weighted by molar-refractivity contribution is 5.63. The highest BCUT2D eigenvalue weighted by atomic mass is 19.1. The van der Waals surface area contributed by atoms with E-state index < -0.39 is 5.82 Å². The van der Waals surface area contributed by atoms with E-state index in [1.165, 1.54) is 18.6 Å². The van der Waals surface area contributed by atoms with Gasteiger partial charge < -0.3 is 10.2 Å². The summed E-state index contributed by atoms with van der Waals surface area (Å²) in [5.74, 6) is 0.257. The first-order valence-corrected chi connectivity index (χ1v) is 8.06. The maximum absolute atomic E-state index is 13.4. The lowest BCUT2D eigenvalue weighted by molar-refractivity contribution is 0.260. The number of likely N-dealkylation sites (N-methyl/N-ethyl adjacent to an activating group) is 1.